The zero-order valence-electron chi connectivity index (χ0n) is 12.0. The van der Waals surface area contributed by atoms with Crippen molar-refractivity contribution in [2.75, 3.05) is 0 Å². The number of nitrogens with zero attached hydrogens (tertiary/aromatic N) is 1. The molecule has 2 fully saturated rings. The first-order valence-corrected chi connectivity index (χ1v) is 7.74. The molecule has 2 nitrogen and oxygen atoms in total. The number of ketones is 1. The predicted molar refractivity (Wildman–Crippen MR) is 81.3 cm³/mol. The normalized spacial score (nSPS) is 30.2. The molecule has 0 unspecified atom stereocenters. The first-order valence-electron chi connectivity index (χ1n) is 7.74. The topological polar surface area (TPSA) is 20.3 Å². The number of hydrogen-bond donors (Lipinski definition) is 0. The summed E-state index contributed by atoms with van der Waals surface area (Å²) in [4.78, 5) is 15.2. The van der Waals surface area contributed by atoms with Gasteiger partial charge in [-0.15, -0.1) is 6.58 Å². The third kappa shape index (κ3) is 2.57. The lowest BCUT2D eigenvalue weighted by Crippen LogP contribution is -2.39. The van der Waals surface area contributed by atoms with Gasteiger partial charge in [0.25, 0.3) is 0 Å². The van der Waals surface area contributed by atoms with Gasteiger partial charge in [-0.1, -0.05) is 36.4 Å². The Kier molecular flexibility index (Phi) is 4.02. The van der Waals surface area contributed by atoms with Crippen molar-refractivity contribution in [2.45, 2.75) is 50.7 Å². The van der Waals surface area contributed by atoms with E-state index in [1.807, 2.05) is 12.1 Å². The molecule has 0 N–H and O–H groups in total. The molecule has 2 aliphatic rings. The fourth-order valence-electron chi connectivity index (χ4n) is 3.83. The van der Waals surface area contributed by atoms with E-state index < -0.39 is 0 Å². The van der Waals surface area contributed by atoms with Gasteiger partial charge in [-0.05, 0) is 37.7 Å². The Morgan fingerprint density at radius 3 is 2.65 bits per heavy atom. The van der Waals surface area contributed by atoms with E-state index in [4.69, 9.17) is 0 Å². The lowest BCUT2D eigenvalue weighted by Gasteiger charge is -2.27. The summed E-state index contributed by atoms with van der Waals surface area (Å²) in [6.07, 6.45) is 7.18. The molecule has 3 rings (SSSR count). The second-order valence-corrected chi connectivity index (χ2v) is 6.11. The van der Waals surface area contributed by atoms with E-state index in [1.54, 1.807) is 0 Å². The maximum absolute atomic E-state index is 12.7. The van der Waals surface area contributed by atoms with Crippen LogP contribution in [-0.4, -0.2) is 22.8 Å². The van der Waals surface area contributed by atoms with Gasteiger partial charge in [-0.3, -0.25) is 9.69 Å². The quantitative estimate of drug-likeness (QED) is 0.779. The van der Waals surface area contributed by atoms with Crippen LogP contribution in [0.3, 0.4) is 0 Å². The third-order valence-corrected chi connectivity index (χ3v) is 4.88. The molecule has 2 heterocycles. The highest BCUT2D eigenvalue weighted by Gasteiger charge is 2.42. The molecule has 106 valence electrons. The number of benzene rings is 1. The summed E-state index contributed by atoms with van der Waals surface area (Å²) in [6.45, 7) is 4.72. The standard InChI is InChI=1S/C18H23NO/c1-2-6-15-9-10-16-11-12-17(18(15)20)19(16)13-14-7-4-3-5-8-14/h2-5,7-8,15-17H,1,6,9-13H2/t15-,16+,17+/m1/s1. The largest absolute Gasteiger partial charge is 0.298 e. The molecule has 0 aromatic heterocycles. The minimum absolute atomic E-state index is 0.146. The van der Waals surface area contributed by atoms with Gasteiger partial charge >= 0.3 is 0 Å². The summed E-state index contributed by atoms with van der Waals surface area (Å²) in [5, 5.41) is 0. The van der Waals surface area contributed by atoms with E-state index in [1.165, 1.54) is 12.0 Å². The van der Waals surface area contributed by atoms with Crippen molar-refractivity contribution in [3.05, 3.63) is 48.6 Å². The molecule has 0 amide bonds. The third-order valence-electron chi connectivity index (χ3n) is 4.88. The van der Waals surface area contributed by atoms with Crippen LogP contribution in [0.4, 0.5) is 0 Å². The van der Waals surface area contributed by atoms with Gasteiger partial charge < -0.3 is 0 Å². The minimum atomic E-state index is 0.146. The summed E-state index contributed by atoms with van der Waals surface area (Å²) in [6, 6.07) is 11.3. The van der Waals surface area contributed by atoms with Gasteiger partial charge in [-0.2, -0.15) is 0 Å². The summed E-state index contributed by atoms with van der Waals surface area (Å²) < 4.78 is 0. The number of rotatable bonds is 4. The monoisotopic (exact) mass is 269 g/mol. The van der Waals surface area contributed by atoms with Crippen LogP contribution in [0.1, 0.15) is 37.7 Å². The number of Topliss-reactive ketones (excluding diaryl/α,β-unsaturated/α-hetero) is 1. The molecule has 2 bridgehead atoms. The van der Waals surface area contributed by atoms with E-state index in [0.717, 1.165) is 32.2 Å². The highest BCUT2D eigenvalue weighted by atomic mass is 16.1. The molecule has 2 aliphatic heterocycles. The molecule has 0 spiro atoms. The Hall–Kier alpha value is -1.41. The first kappa shape index (κ1) is 13.6. The second kappa shape index (κ2) is 5.92. The number of fused-ring (bicyclic) bond motifs is 2. The molecule has 20 heavy (non-hydrogen) atoms. The van der Waals surface area contributed by atoms with Crippen LogP contribution in [0.2, 0.25) is 0 Å². The average Bonchev–Trinajstić information content (AvgIpc) is 2.81. The number of carbonyl (C=O) groups is 1. The zero-order chi connectivity index (χ0) is 13.9. The molecule has 0 radical (unpaired) electrons. The fourth-order valence-corrected chi connectivity index (χ4v) is 3.83. The van der Waals surface area contributed by atoms with Crippen molar-refractivity contribution in [3.8, 4) is 0 Å². The Labute approximate surface area is 121 Å². The van der Waals surface area contributed by atoms with E-state index in [9.17, 15) is 4.79 Å². The van der Waals surface area contributed by atoms with Gasteiger partial charge in [0.2, 0.25) is 0 Å². The molecule has 3 atom stereocenters. The Morgan fingerprint density at radius 2 is 1.90 bits per heavy atom. The van der Waals surface area contributed by atoms with Gasteiger partial charge in [-0.25, -0.2) is 0 Å². The van der Waals surface area contributed by atoms with E-state index in [2.05, 4.69) is 35.7 Å². The van der Waals surface area contributed by atoms with Crippen LogP contribution < -0.4 is 0 Å². The molecule has 1 aromatic carbocycles. The maximum Gasteiger partial charge on any atom is 0.153 e. The summed E-state index contributed by atoms with van der Waals surface area (Å²) in [5.74, 6) is 0.668. The van der Waals surface area contributed by atoms with Crippen molar-refractivity contribution in [1.82, 2.24) is 4.90 Å². The van der Waals surface area contributed by atoms with Crippen LogP contribution in [0.5, 0.6) is 0 Å². The lowest BCUT2D eigenvalue weighted by molar-refractivity contribution is -0.126. The van der Waals surface area contributed by atoms with E-state index in [0.29, 0.717) is 11.8 Å². The smallest absolute Gasteiger partial charge is 0.153 e. The van der Waals surface area contributed by atoms with E-state index >= 15 is 0 Å². The van der Waals surface area contributed by atoms with Gasteiger partial charge in [0.15, 0.2) is 5.78 Å². The van der Waals surface area contributed by atoms with Crippen molar-refractivity contribution in [2.24, 2.45) is 5.92 Å². The molecule has 0 aliphatic carbocycles. The van der Waals surface area contributed by atoms with Crippen molar-refractivity contribution < 1.29 is 4.79 Å². The fraction of sp³-hybridized carbons (Fsp3) is 0.500. The van der Waals surface area contributed by atoms with Crippen LogP contribution in [0.25, 0.3) is 0 Å². The van der Waals surface area contributed by atoms with Crippen LogP contribution in [0.15, 0.2) is 43.0 Å². The minimum Gasteiger partial charge on any atom is -0.298 e. The van der Waals surface area contributed by atoms with Crippen LogP contribution in [-0.2, 0) is 11.3 Å². The number of allylic oxidation sites excluding steroid dienone is 1. The maximum atomic E-state index is 12.7. The summed E-state index contributed by atoms with van der Waals surface area (Å²) >= 11 is 0. The van der Waals surface area contributed by atoms with E-state index in [-0.39, 0.29) is 12.0 Å². The highest BCUT2D eigenvalue weighted by Crippen LogP contribution is 2.36. The molecular weight excluding hydrogens is 246 g/mol. The molecule has 1 aromatic rings. The number of hydrogen-bond acceptors (Lipinski definition) is 2. The van der Waals surface area contributed by atoms with Crippen molar-refractivity contribution in [3.63, 3.8) is 0 Å². The predicted octanol–water partition coefficient (Wildman–Crippen LogP) is 3.57. The Balaban J connectivity index is 1.78. The highest BCUT2D eigenvalue weighted by molar-refractivity contribution is 5.87. The first-order chi connectivity index (χ1) is 9.79. The molecular formula is C18H23NO. The Morgan fingerprint density at radius 1 is 1.15 bits per heavy atom. The van der Waals surface area contributed by atoms with Crippen molar-refractivity contribution >= 4 is 5.78 Å². The Bertz CT molecular complexity index is 481. The zero-order valence-corrected chi connectivity index (χ0v) is 12.0. The number of carbonyl (C=O) groups excluding carboxylic acids is 1. The molecule has 2 saturated heterocycles. The van der Waals surface area contributed by atoms with Gasteiger partial charge in [0.05, 0.1) is 6.04 Å². The van der Waals surface area contributed by atoms with Crippen molar-refractivity contribution in [1.29, 1.82) is 0 Å². The van der Waals surface area contributed by atoms with Crippen LogP contribution in [0, 0.1) is 5.92 Å². The van der Waals surface area contributed by atoms with Crippen LogP contribution >= 0.6 is 0 Å². The second-order valence-electron chi connectivity index (χ2n) is 6.11. The SMILES string of the molecule is C=CC[C@@H]1CC[C@H]2CC[C@@H](C1=O)N2Cc1ccccc1. The summed E-state index contributed by atoms with van der Waals surface area (Å²) in [5.41, 5.74) is 1.32. The van der Waals surface area contributed by atoms with Gasteiger partial charge in [0.1, 0.15) is 0 Å². The molecule has 0 saturated carbocycles. The van der Waals surface area contributed by atoms with Gasteiger partial charge in [0, 0.05) is 18.5 Å². The lowest BCUT2D eigenvalue weighted by atomic mass is 9.88. The summed E-state index contributed by atoms with van der Waals surface area (Å²) in [7, 11) is 0. The average molecular weight is 269 g/mol. The molecule has 2 heteroatoms.